The molecule has 0 aliphatic heterocycles. The minimum absolute atomic E-state index is 0.740. The third-order valence-corrected chi connectivity index (χ3v) is 2.65. The number of nitrogens with zero attached hydrogens (tertiary/aromatic N) is 2. The highest BCUT2D eigenvalue weighted by molar-refractivity contribution is 5.64. The smallest absolute Gasteiger partial charge is 0.143 e. The molecule has 0 bridgehead atoms. The second-order valence-corrected chi connectivity index (χ2v) is 3.88. The van der Waals surface area contributed by atoms with Crippen LogP contribution in [0.3, 0.4) is 0 Å². The average Bonchev–Trinajstić information content (AvgIpc) is 2.84. The SMILES string of the molecule is CCCOc1ccccc1-c1nccn1CC. The van der Waals surface area contributed by atoms with Gasteiger partial charge in [-0.05, 0) is 25.5 Å². The lowest BCUT2D eigenvalue weighted by Crippen LogP contribution is -2.00. The fourth-order valence-corrected chi connectivity index (χ4v) is 1.80. The van der Waals surface area contributed by atoms with E-state index in [1.165, 1.54) is 0 Å². The fourth-order valence-electron chi connectivity index (χ4n) is 1.80. The summed E-state index contributed by atoms with van der Waals surface area (Å²) in [6.07, 6.45) is 4.83. The summed E-state index contributed by atoms with van der Waals surface area (Å²) in [5.41, 5.74) is 1.06. The fraction of sp³-hybridized carbons (Fsp3) is 0.357. The summed E-state index contributed by atoms with van der Waals surface area (Å²) in [5, 5.41) is 0. The third-order valence-electron chi connectivity index (χ3n) is 2.65. The molecule has 3 nitrogen and oxygen atoms in total. The Hall–Kier alpha value is -1.77. The maximum absolute atomic E-state index is 5.76. The highest BCUT2D eigenvalue weighted by atomic mass is 16.5. The van der Waals surface area contributed by atoms with E-state index >= 15 is 0 Å². The Kier molecular flexibility index (Phi) is 3.81. The van der Waals surface area contributed by atoms with Gasteiger partial charge in [0.05, 0.1) is 12.2 Å². The standard InChI is InChI=1S/C14H18N2O/c1-3-11-17-13-8-6-5-7-12(13)14-15-9-10-16(14)4-2/h5-10H,3-4,11H2,1-2H3. The van der Waals surface area contributed by atoms with Crippen LogP contribution < -0.4 is 4.74 Å². The lowest BCUT2D eigenvalue weighted by atomic mass is 10.2. The highest BCUT2D eigenvalue weighted by Crippen LogP contribution is 2.28. The van der Waals surface area contributed by atoms with Crippen LogP contribution in [0.2, 0.25) is 0 Å². The van der Waals surface area contributed by atoms with Gasteiger partial charge >= 0.3 is 0 Å². The van der Waals surface area contributed by atoms with Crippen molar-refractivity contribution in [3.8, 4) is 17.1 Å². The number of hydrogen-bond acceptors (Lipinski definition) is 2. The first-order valence-electron chi connectivity index (χ1n) is 6.10. The van der Waals surface area contributed by atoms with Crippen LogP contribution in [-0.4, -0.2) is 16.2 Å². The molecule has 90 valence electrons. The van der Waals surface area contributed by atoms with Gasteiger partial charge in [-0.2, -0.15) is 0 Å². The number of ether oxygens (including phenoxy) is 1. The molecular weight excluding hydrogens is 212 g/mol. The van der Waals surface area contributed by atoms with Crippen LogP contribution in [0.15, 0.2) is 36.7 Å². The lowest BCUT2D eigenvalue weighted by Gasteiger charge is -2.11. The molecule has 0 atom stereocenters. The first kappa shape index (κ1) is 11.7. The second kappa shape index (κ2) is 5.53. The van der Waals surface area contributed by atoms with E-state index in [0.717, 1.165) is 36.7 Å². The highest BCUT2D eigenvalue weighted by Gasteiger charge is 2.10. The van der Waals surface area contributed by atoms with E-state index in [0.29, 0.717) is 0 Å². The van der Waals surface area contributed by atoms with Crippen LogP contribution in [0.25, 0.3) is 11.4 Å². The van der Waals surface area contributed by atoms with Gasteiger partial charge in [-0.3, -0.25) is 0 Å². The number of aryl methyl sites for hydroxylation is 1. The van der Waals surface area contributed by atoms with Crippen molar-refractivity contribution in [2.24, 2.45) is 0 Å². The van der Waals surface area contributed by atoms with Crippen LogP contribution in [0, 0.1) is 0 Å². The maximum Gasteiger partial charge on any atom is 0.143 e. The molecule has 0 saturated heterocycles. The Morgan fingerprint density at radius 2 is 2.06 bits per heavy atom. The van der Waals surface area contributed by atoms with E-state index < -0.39 is 0 Å². The summed E-state index contributed by atoms with van der Waals surface area (Å²) < 4.78 is 7.88. The van der Waals surface area contributed by atoms with Gasteiger partial charge in [-0.25, -0.2) is 4.98 Å². The number of rotatable bonds is 5. The molecule has 0 N–H and O–H groups in total. The van der Waals surface area contributed by atoms with Crippen LogP contribution in [-0.2, 0) is 6.54 Å². The molecule has 0 aliphatic rings. The molecule has 0 aliphatic carbocycles. The van der Waals surface area contributed by atoms with E-state index in [2.05, 4.69) is 29.5 Å². The van der Waals surface area contributed by atoms with Crippen LogP contribution in [0.5, 0.6) is 5.75 Å². The molecule has 0 spiro atoms. The van der Waals surface area contributed by atoms with Crippen molar-refractivity contribution in [1.29, 1.82) is 0 Å². The van der Waals surface area contributed by atoms with Gasteiger partial charge in [0.2, 0.25) is 0 Å². The molecule has 0 unspecified atom stereocenters. The van der Waals surface area contributed by atoms with Gasteiger partial charge in [-0.15, -0.1) is 0 Å². The molecule has 1 aromatic carbocycles. The summed E-state index contributed by atoms with van der Waals surface area (Å²) in [7, 11) is 0. The summed E-state index contributed by atoms with van der Waals surface area (Å²) in [4.78, 5) is 4.41. The summed E-state index contributed by atoms with van der Waals surface area (Å²) >= 11 is 0. The van der Waals surface area contributed by atoms with Crippen molar-refractivity contribution >= 4 is 0 Å². The molecule has 0 radical (unpaired) electrons. The first-order chi connectivity index (χ1) is 8.36. The molecule has 3 heteroatoms. The maximum atomic E-state index is 5.76. The summed E-state index contributed by atoms with van der Waals surface area (Å²) in [6, 6.07) is 8.07. The van der Waals surface area contributed by atoms with Gasteiger partial charge in [0.25, 0.3) is 0 Å². The zero-order chi connectivity index (χ0) is 12.1. The van der Waals surface area contributed by atoms with Crippen LogP contribution in [0.4, 0.5) is 0 Å². The largest absolute Gasteiger partial charge is 0.493 e. The van der Waals surface area contributed by atoms with Crippen molar-refractivity contribution in [3.63, 3.8) is 0 Å². The monoisotopic (exact) mass is 230 g/mol. The topological polar surface area (TPSA) is 27.1 Å². The number of aromatic nitrogens is 2. The Balaban J connectivity index is 2.37. The summed E-state index contributed by atoms with van der Waals surface area (Å²) in [6.45, 7) is 5.87. The van der Waals surface area contributed by atoms with Crippen LogP contribution >= 0.6 is 0 Å². The van der Waals surface area contributed by atoms with Gasteiger partial charge in [0.15, 0.2) is 0 Å². The first-order valence-corrected chi connectivity index (χ1v) is 6.10. The number of para-hydroxylation sites is 1. The van der Waals surface area contributed by atoms with Gasteiger partial charge in [-0.1, -0.05) is 19.1 Å². The minimum atomic E-state index is 0.740. The Morgan fingerprint density at radius 3 is 2.82 bits per heavy atom. The van der Waals surface area contributed by atoms with Gasteiger partial charge < -0.3 is 9.30 Å². The second-order valence-electron chi connectivity index (χ2n) is 3.88. The molecule has 0 fully saturated rings. The van der Waals surface area contributed by atoms with E-state index in [9.17, 15) is 0 Å². The normalized spacial score (nSPS) is 10.5. The molecule has 2 rings (SSSR count). The molecule has 17 heavy (non-hydrogen) atoms. The minimum Gasteiger partial charge on any atom is -0.493 e. The van der Waals surface area contributed by atoms with Gasteiger partial charge in [0.1, 0.15) is 11.6 Å². The van der Waals surface area contributed by atoms with E-state index in [1.54, 1.807) is 0 Å². The van der Waals surface area contributed by atoms with E-state index in [-0.39, 0.29) is 0 Å². The quantitative estimate of drug-likeness (QED) is 0.787. The average molecular weight is 230 g/mol. The van der Waals surface area contributed by atoms with E-state index in [4.69, 9.17) is 4.74 Å². The number of benzene rings is 1. The molecule has 2 aromatic rings. The Labute approximate surface area is 102 Å². The number of imidazole rings is 1. The zero-order valence-electron chi connectivity index (χ0n) is 10.4. The molecule has 0 saturated carbocycles. The summed E-state index contributed by atoms with van der Waals surface area (Å²) in [5.74, 6) is 1.88. The molecule has 1 aromatic heterocycles. The van der Waals surface area contributed by atoms with Crippen molar-refractivity contribution in [2.75, 3.05) is 6.61 Å². The lowest BCUT2D eigenvalue weighted by molar-refractivity contribution is 0.318. The number of hydrogen-bond donors (Lipinski definition) is 0. The predicted molar refractivity (Wildman–Crippen MR) is 69.1 cm³/mol. The molecule has 1 heterocycles. The van der Waals surface area contributed by atoms with Crippen molar-refractivity contribution < 1.29 is 4.74 Å². The van der Waals surface area contributed by atoms with Crippen molar-refractivity contribution in [1.82, 2.24) is 9.55 Å². The molecular formula is C14H18N2O. The van der Waals surface area contributed by atoms with Crippen molar-refractivity contribution in [2.45, 2.75) is 26.8 Å². The third kappa shape index (κ3) is 2.49. The van der Waals surface area contributed by atoms with Crippen LogP contribution in [0.1, 0.15) is 20.3 Å². The Morgan fingerprint density at radius 1 is 1.24 bits per heavy atom. The van der Waals surface area contributed by atoms with Crippen molar-refractivity contribution in [3.05, 3.63) is 36.7 Å². The van der Waals surface area contributed by atoms with E-state index in [1.807, 2.05) is 30.6 Å². The Bertz CT molecular complexity index is 477. The predicted octanol–water partition coefficient (Wildman–Crippen LogP) is 3.36. The molecule has 0 amide bonds. The van der Waals surface area contributed by atoms with Gasteiger partial charge in [0, 0.05) is 18.9 Å². The zero-order valence-corrected chi connectivity index (χ0v) is 10.4.